The van der Waals surface area contributed by atoms with E-state index in [1.54, 1.807) is 0 Å². The third-order valence-corrected chi connectivity index (χ3v) is 4.89. The number of hydrogen-bond donors (Lipinski definition) is 2. The van der Waals surface area contributed by atoms with Crippen molar-refractivity contribution in [3.63, 3.8) is 0 Å². The number of fused-ring (bicyclic) bond motifs is 3. The van der Waals surface area contributed by atoms with Crippen LogP contribution in [-0.4, -0.2) is 29.4 Å². The maximum atomic E-state index is 12.5. The quantitative estimate of drug-likeness (QED) is 0.761. The van der Waals surface area contributed by atoms with E-state index in [2.05, 4.69) is 17.4 Å². The minimum absolute atomic E-state index is 0.258. The Bertz CT molecular complexity index is 831. The summed E-state index contributed by atoms with van der Waals surface area (Å²) in [5, 5.41) is 2.90. The monoisotopic (exact) mass is 321 g/mol. The van der Waals surface area contributed by atoms with Gasteiger partial charge in [0.15, 0.2) is 0 Å². The molecule has 0 radical (unpaired) electrons. The number of amides is 3. The molecular weight excluding hydrogens is 302 g/mol. The van der Waals surface area contributed by atoms with Crippen molar-refractivity contribution in [2.45, 2.75) is 25.3 Å². The molecule has 5 nitrogen and oxygen atoms in total. The Balaban J connectivity index is 1.54. The van der Waals surface area contributed by atoms with Crippen LogP contribution in [0, 0.1) is 0 Å². The molecule has 0 bridgehead atoms. The maximum absolute atomic E-state index is 12.5. The maximum Gasteiger partial charge on any atom is 0.322 e. The molecule has 0 unspecified atom stereocenters. The number of carbonyl (C=O) groups is 2. The molecule has 24 heavy (non-hydrogen) atoms. The van der Waals surface area contributed by atoms with Crippen molar-refractivity contribution in [3.05, 3.63) is 53.6 Å². The van der Waals surface area contributed by atoms with E-state index in [9.17, 15) is 9.59 Å². The van der Waals surface area contributed by atoms with Gasteiger partial charge in [-0.2, -0.15) is 0 Å². The average molecular weight is 321 g/mol. The summed E-state index contributed by atoms with van der Waals surface area (Å²) in [6.07, 6.45) is 2.33. The molecule has 122 valence electrons. The number of likely N-dealkylation sites (tertiary alicyclic amines) is 1. The van der Waals surface area contributed by atoms with Crippen LogP contribution in [0.25, 0.3) is 11.1 Å². The fraction of sp³-hybridized carbons (Fsp3) is 0.263. The molecule has 0 spiro atoms. The van der Waals surface area contributed by atoms with Crippen LogP contribution < -0.4 is 11.1 Å². The van der Waals surface area contributed by atoms with Crippen LogP contribution in [0.2, 0.25) is 0 Å². The van der Waals surface area contributed by atoms with Crippen LogP contribution in [0.15, 0.2) is 42.5 Å². The van der Waals surface area contributed by atoms with Crippen LogP contribution in [0.4, 0.5) is 10.5 Å². The summed E-state index contributed by atoms with van der Waals surface area (Å²) in [6, 6.07) is 13.6. The summed E-state index contributed by atoms with van der Waals surface area (Å²) >= 11 is 0. The Hall–Kier alpha value is -2.82. The molecule has 2 aromatic carbocycles. The van der Waals surface area contributed by atoms with Gasteiger partial charge < -0.3 is 16.0 Å². The Morgan fingerprint density at radius 1 is 1.08 bits per heavy atom. The number of primary amides is 1. The lowest BCUT2D eigenvalue weighted by molar-refractivity contribution is -0.121. The van der Waals surface area contributed by atoms with Crippen molar-refractivity contribution in [1.29, 1.82) is 0 Å². The molecule has 1 saturated heterocycles. The summed E-state index contributed by atoms with van der Waals surface area (Å²) < 4.78 is 0. The molecule has 4 rings (SSSR count). The van der Waals surface area contributed by atoms with Crippen molar-refractivity contribution in [2.75, 3.05) is 11.9 Å². The summed E-state index contributed by atoms with van der Waals surface area (Å²) in [4.78, 5) is 25.4. The van der Waals surface area contributed by atoms with E-state index < -0.39 is 11.9 Å². The first-order chi connectivity index (χ1) is 11.6. The number of urea groups is 1. The van der Waals surface area contributed by atoms with Crippen LogP contribution in [0.3, 0.4) is 0 Å². The largest absolute Gasteiger partial charge is 0.368 e. The molecular formula is C19H19N3O2. The number of rotatable bonds is 2. The van der Waals surface area contributed by atoms with Crippen LogP contribution in [0.5, 0.6) is 0 Å². The van der Waals surface area contributed by atoms with Gasteiger partial charge in [-0.05, 0) is 53.6 Å². The van der Waals surface area contributed by atoms with Gasteiger partial charge in [0.2, 0.25) is 5.91 Å². The van der Waals surface area contributed by atoms with E-state index in [1.807, 2.05) is 30.3 Å². The van der Waals surface area contributed by atoms with Crippen molar-refractivity contribution < 1.29 is 9.59 Å². The van der Waals surface area contributed by atoms with E-state index in [1.165, 1.54) is 27.2 Å². The number of nitrogens with two attached hydrogens (primary N) is 1. The lowest BCUT2D eigenvalue weighted by atomic mass is 10.1. The number of carbonyl (C=O) groups excluding carboxylic acids is 2. The Morgan fingerprint density at radius 3 is 2.71 bits per heavy atom. The fourth-order valence-electron chi connectivity index (χ4n) is 3.72. The molecule has 0 saturated carbocycles. The summed E-state index contributed by atoms with van der Waals surface area (Å²) in [6.45, 7) is 0.565. The molecule has 3 amide bonds. The molecule has 3 N–H and O–H groups in total. The zero-order valence-corrected chi connectivity index (χ0v) is 13.3. The van der Waals surface area contributed by atoms with Gasteiger partial charge in [-0.3, -0.25) is 4.79 Å². The van der Waals surface area contributed by atoms with Gasteiger partial charge in [0.1, 0.15) is 6.04 Å². The summed E-state index contributed by atoms with van der Waals surface area (Å²) in [5.41, 5.74) is 11.1. The lowest BCUT2D eigenvalue weighted by Crippen LogP contribution is -2.45. The van der Waals surface area contributed by atoms with Gasteiger partial charge >= 0.3 is 6.03 Å². The number of hydrogen-bond acceptors (Lipinski definition) is 2. The molecule has 1 heterocycles. The number of anilines is 1. The van der Waals surface area contributed by atoms with Crippen molar-refractivity contribution in [3.8, 4) is 11.1 Å². The van der Waals surface area contributed by atoms with Crippen LogP contribution in [-0.2, 0) is 11.2 Å². The number of nitrogens with one attached hydrogen (secondary N) is 1. The van der Waals surface area contributed by atoms with E-state index in [0.29, 0.717) is 13.0 Å². The summed E-state index contributed by atoms with van der Waals surface area (Å²) in [7, 11) is 0. The SMILES string of the molecule is NC(=O)[C@@H]1CCCN1C(=O)Nc1ccc2c(c1)Cc1ccccc1-2. The van der Waals surface area contributed by atoms with E-state index >= 15 is 0 Å². The van der Waals surface area contributed by atoms with Gasteiger partial charge in [-0.15, -0.1) is 0 Å². The normalized spacial score (nSPS) is 18.2. The third kappa shape index (κ3) is 2.42. The predicted octanol–water partition coefficient (Wildman–Crippen LogP) is 2.74. The van der Waals surface area contributed by atoms with Crippen molar-refractivity contribution in [2.24, 2.45) is 5.73 Å². The smallest absolute Gasteiger partial charge is 0.322 e. The second kappa shape index (κ2) is 5.67. The molecule has 1 aliphatic heterocycles. The number of benzene rings is 2. The Morgan fingerprint density at radius 2 is 1.88 bits per heavy atom. The standard InChI is InChI=1S/C19H19N3O2/c20-18(23)17-6-3-9-22(17)19(24)21-14-7-8-16-13(11-14)10-12-4-1-2-5-15(12)16/h1-2,4-5,7-8,11,17H,3,6,9-10H2,(H2,20,23)(H,21,24)/t17-/m0/s1. The zero-order chi connectivity index (χ0) is 16.7. The minimum atomic E-state index is -0.497. The van der Waals surface area contributed by atoms with Gasteiger partial charge in [0.05, 0.1) is 0 Å². The van der Waals surface area contributed by atoms with E-state index in [4.69, 9.17) is 5.73 Å². The summed E-state index contributed by atoms with van der Waals surface area (Å²) in [5.74, 6) is -0.438. The molecule has 0 aromatic heterocycles. The highest BCUT2D eigenvalue weighted by atomic mass is 16.2. The molecule has 1 fully saturated rings. The van der Waals surface area contributed by atoms with Gasteiger partial charge in [0.25, 0.3) is 0 Å². The topological polar surface area (TPSA) is 75.4 Å². The Labute approximate surface area is 140 Å². The highest BCUT2D eigenvalue weighted by Crippen LogP contribution is 2.37. The lowest BCUT2D eigenvalue weighted by Gasteiger charge is -2.22. The first-order valence-electron chi connectivity index (χ1n) is 8.21. The van der Waals surface area contributed by atoms with Crippen molar-refractivity contribution >= 4 is 17.6 Å². The average Bonchev–Trinajstić information content (AvgIpc) is 3.19. The first-order valence-corrected chi connectivity index (χ1v) is 8.21. The highest BCUT2D eigenvalue weighted by Gasteiger charge is 2.32. The zero-order valence-electron chi connectivity index (χ0n) is 13.3. The molecule has 1 aliphatic carbocycles. The van der Waals surface area contributed by atoms with Crippen LogP contribution >= 0.6 is 0 Å². The van der Waals surface area contributed by atoms with Gasteiger partial charge in [-0.1, -0.05) is 30.3 Å². The molecule has 2 aromatic rings. The molecule has 1 atom stereocenters. The second-order valence-corrected chi connectivity index (χ2v) is 6.39. The van der Waals surface area contributed by atoms with E-state index in [-0.39, 0.29) is 6.03 Å². The van der Waals surface area contributed by atoms with Gasteiger partial charge in [0, 0.05) is 12.2 Å². The predicted molar refractivity (Wildman–Crippen MR) is 92.6 cm³/mol. The minimum Gasteiger partial charge on any atom is -0.368 e. The first kappa shape index (κ1) is 14.8. The highest BCUT2D eigenvalue weighted by molar-refractivity contribution is 5.94. The fourth-order valence-corrected chi connectivity index (χ4v) is 3.72. The Kier molecular flexibility index (Phi) is 3.49. The molecule has 5 heteroatoms. The van der Waals surface area contributed by atoms with Crippen molar-refractivity contribution in [1.82, 2.24) is 4.90 Å². The third-order valence-electron chi connectivity index (χ3n) is 4.89. The molecule has 2 aliphatic rings. The van der Waals surface area contributed by atoms with Gasteiger partial charge in [-0.25, -0.2) is 4.79 Å². The van der Waals surface area contributed by atoms with E-state index in [0.717, 1.165) is 18.5 Å². The second-order valence-electron chi connectivity index (χ2n) is 6.39. The van der Waals surface area contributed by atoms with Crippen LogP contribution in [0.1, 0.15) is 24.0 Å². The number of nitrogens with zero attached hydrogens (tertiary/aromatic N) is 1.